The summed E-state index contributed by atoms with van der Waals surface area (Å²) in [5.74, 6) is -0.848. The molecule has 0 rings (SSSR count). The van der Waals surface area contributed by atoms with E-state index in [4.69, 9.17) is 14.2 Å². The van der Waals surface area contributed by atoms with Gasteiger partial charge < -0.3 is 14.2 Å². The molecule has 0 aliphatic carbocycles. The third-order valence-corrected chi connectivity index (χ3v) is 16.0. The Morgan fingerprint density at radius 2 is 0.434 bits per heavy atom. The fourth-order valence-electron chi connectivity index (χ4n) is 10.8. The standard InChI is InChI=1S/C70H134O6/c1-4-7-10-13-16-19-22-24-26-27-28-29-30-31-32-33-34-35-36-37-38-39-40-41-42-44-45-48-51-54-57-60-63-69(72)75-66-67(65-74-68(71)62-59-56-53-50-47-21-18-15-12-9-6-3)76-70(73)64-61-58-55-52-49-46-43-25-23-20-17-14-11-8-5-2/h25,43,67H,4-24,26-42,44-66H2,1-3H3/b43-25-. The number of allylic oxidation sites excluding steroid dienone is 2. The predicted molar refractivity (Wildman–Crippen MR) is 330 cm³/mol. The molecule has 1 atom stereocenters. The van der Waals surface area contributed by atoms with Crippen molar-refractivity contribution in [3.8, 4) is 0 Å². The van der Waals surface area contributed by atoms with Crippen LogP contribution in [0.5, 0.6) is 0 Å². The number of hydrogen-bond donors (Lipinski definition) is 0. The summed E-state index contributed by atoms with van der Waals surface area (Å²) in [6.45, 7) is 6.69. The lowest BCUT2D eigenvalue weighted by molar-refractivity contribution is -0.167. The Bertz CT molecular complexity index is 1180. The van der Waals surface area contributed by atoms with Crippen LogP contribution in [0, 0.1) is 0 Å². The molecule has 0 amide bonds. The zero-order valence-electron chi connectivity index (χ0n) is 51.8. The highest BCUT2D eigenvalue weighted by Crippen LogP contribution is 2.19. The van der Waals surface area contributed by atoms with Crippen molar-refractivity contribution in [2.24, 2.45) is 0 Å². The van der Waals surface area contributed by atoms with Gasteiger partial charge in [0.1, 0.15) is 13.2 Å². The molecule has 0 spiro atoms. The average molecular weight is 1070 g/mol. The first kappa shape index (κ1) is 74.2. The van der Waals surface area contributed by atoms with Crippen LogP contribution in [0.15, 0.2) is 12.2 Å². The van der Waals surface area contributed by atoms with Gasteiger partial charge >= 0.3 is 17.9 Å². The second-order valence-corrected chi connectivity index (χ2v) is 23.8. The highest BCUT2D eigenvalue weighted by atomic mass is 16.6. The molecule has 6 heteroatoms. The van der Waals surface area contributed by atoms with Gasteiger partial charge in [0.2, 0.25) is 0 Å². The Labute approximate surface area is 475 Å². The lowest BCUT2D eigenvalue weighted by atomic mass is 10.0. The van der Waals surface area contributed by atoms with Crippen LogP contribution in [0.1, 0.15) is 400 Å². The van der Waals surface area contributed by atoms with Crippen molar-refractivity contribution in [3.05, 3.63) is 12.2 Å². The van der Waals surface area contributed by atoms with Crippen LogP contribution >= 0.6 is 0 Å². The van der Waals surface area contributed by atoms with Crippen molar-refractivity contribution >= 4 is 17.9 Å². The van der Waals surface area contributed by atoms with Gasteiger partial charge in [-0.1, -0.05) is 348 Å². The van der Waals surface area contributed by atoms with E-state index in [0.717, 1.165) is 64.2 Å². The SMILES string of the molecule is CCCCCCCC/C=C\CCCCCCCC(=O)OC(COC(=O)CCCCCCCCCCCCC)COC(=O)CCCCCCCCCCCCCCCCCCCCCCCCCCCCCCCCCC. The van der Waals surface area contributed by atoms with Gasteiger partial charge in [0.25, 0.3) is 0 Å². The minimum atomic E-state index is -0.769. The maximum Gasteiger partial charge on any atom is 0.306 e. The van der Waals surface area contributed by atoms with Crippen molar-refractivity contribution < 1.29 is 28.6 Å². The molecule has 0 fully saturated rings. The molecule has 6 nitrogen and oxygen atoms in total. The van der Waals surface area contributed by atoms with Crippen LogP contribution < -0.4 is 0 Å². The summed E-state index contributed by atoms with van der Waals surface area (Å²) in [7, 11) is 0. The normalized spacial score (nSPS) is 12.0. The van der Waals surface area contributed by atoms with Gasteiger partial charge in [-0.25, -0.2) is 0 Å². The van der Waals surface area contributed by atoms with E-state index in [9.17, 15) is 14.4 Å². The first-order valence-corrected chi connectivity index (χ1v) is 34.7. The summed E-state index contributed by atoms with van der Waals surface area (Å²) in [6, 6.07) is 0. The maximum atomic E-state index is 12.9. The number of carbonyl (C=O) groups excluding carboxylic acids is 3. The Kier molecular flexibility index (Phi) is 64.1. The molecule has 0 N–H and O–H groups in total. The van der Waals surface area contributed by atoms with E-state index in [1.165, 1.54) is 295 Å². The summed E-state index contributed by atoms with van der Waals surface area (Å²) in [6.07, 6.45) is 78.3. The minimum Gasteiger partial charge on any atom is -0.462 e. The molecule has 450 valence electrons. The summed E-state index contributed by atoms with van der Waals surface area (Å²) in [4.78, 5) is 38.2. The Morgan fingerprint density at radius 1 is 0.250 bits per heavy atom. The largest absolute Gasteiger partial charge is 0.462 e. The molecule has 76 heavy (non-hydrogen) atoms. The summed E-state index contributed by atoms with van der Waals surface area (Å²) in [5.41, 5.74) is 0. The third kappa shape index (κ3) is 63.0. The molecule has 0 aromatic carbocycles. The first-order chi connectivity index (χ1) is 37.5. The molecule has 1 unspecified atom stereocenters. The van der Waals surface area contributed by atoms with E-state index < -0.39 is 6.10 Å². The van der Waals surface area contributed by atoms with Crippen molar-refractivity contribution in [1.82, 2.24) is 0 Å². The summed E-state index contributed by atoms with van der Waals surface area (Å²) in [5, 5.41) is 0. The molecular weight excluding hydrogens is 937 g/mol. The van der Waals surface area contributed by atoms with Gasteiger partial charge in [-0.3, -0.25) is 14.4 Å². The van der Waals surface area contributed by atoms with Crippen LogP contribution in [0.25, 0.3) is 0 Å². The molecule has 0 heterocycles. The van der Waals surface area contributed by atoms with Crippen LogP contribution in [-0.2, 0) is 28.6 Å². The van der Waals surface area contributed by atoms with Crippen LogP contribution in [0.4, 0.5) is 0 Å². The zero-order chi connectivity index (χ0) is 55.0. The molecule has 0 saturated heterocycles. The molecule has 0 aromatic rings. The van der Waals surface area contributed by atoms with Crippen LogP contribution in [-0.4, -0.2) is 37.2 Å². The number of carbonyl (C=O) groups is 3. The number of rotatable bonds is 65. The lowest BCUT2D eigenvalue weighted by Crippen LogP contribution is -2.30. The number of hydrogen-bond acceptors (Lipinski definition) is 6. The van der Waals surface area contributed by atoms with E-state index in [1.807, 2.05) is 0 Å². The first-order valence-electron chi connectivity index (χ1n) is 34.7. The quantitative estimate of drug-likeness (QED) is 0.0261. The second kappa shape index (κ2) is 65.7. The second-order valence-electron chi connectivity index (χ2n) is 23.8. The predicted octanol–water partition coefficient (Wildman–Crippen LogP) is 23.6. The molecule has 0 aliphatic rings. The van der Waals surface area contributed by atoms with Gasteiger partial charge in [-0.15, -0.1) is 0 Å². The van der Waals surface area contributed by atoms with Gasteiger partial charge in [0.05, 0.1) is 0 Å². The zero-order valence-corrected chi connectivity index (χ0v) is 51.8. The highest BCUT2D eigenvalue weighted by Gasteiger charge is 2.19. The van der Waals surface area contributed by atoms with Gasteiger partial charge in [0, 0.05) is 19.3 Å². The Balaban J connectivity index is 4.03. The fraction of sp³-hybridized carbons (Fsp3) is 0.929. The Hall–Kier alpha value is -1.85. The van der Waals surface area contributed by atoms with Gasteiger partial charge in [0.15, 0.2) is 6.10 Å². The van der Waals surface area contributed by atoms with Crippen LogP contribution in [0.2, 0.25) is 0 Å². The number of esters is 3. The van der Waals surface area contributed by atoms with Crippen molar-refractivity contribution in [2.45, 2.75) is 406 Å². The summed E-state index contributed by atoms with van der Waals surface area (Å²) >= 11 is 0. The lowest BCUT2D eigenvalue weighted by Gasteiger charge is -2.18. The Morgan fingerprint density at radius 3 is 0.658 bits per heavy atom. The fourth-order valence-corrected chi connectivity index (χ4v) is 10.8. The van der Waals surface area contributed by atoms with E-state index >= 15 is 0 Å². The van der Waals surface area contributed by atoms with Gasteiger partial charge in [-0.2, -0.15) is 0 Å². The van der Waals surface area contributed by atoms with Gasteiger partial charge in [-0.05, 0) is 44.9 Å². The van der Waals surface area contributed by atoms with Crippen LogP contribution in [0.3, 0.4) is 0 Å². The maximum absolute atomic E-state index is 12.9. The number of ether oxygens (including phenoxy) is 3. The van der Waals surface area contributed by atoms with E-state index in [1.54, 1.807) is 0 Å². The van der Waals surface area contributed by atoms with E-state index in [-0.39, 0.29) is 31.1 Å². The average Bonchev–Trinajstić information content (AvgIpc) is 3.42. The third-order valence-electron chi connectivity index (χ3n) is 16.0. The molecule has 0 aliphatic heterocycles. The van der Waals surface area contributed by atoms with Crippen molar-refractivity contribution in [3.63, 3.8) is 0 Å². The molecule has 0 aromatic heterocycles. The molecular formula is C70H134O6. The summed E-state index contributed by atoms with van der Waals surface area (Å²) < 4.78 is 16.9. The molecule has 0 saturated carbocycles. The minimum absolute atomic E-state index is 0.0672. The van der Waals surface area contributed by atoms with Crippen molar-refractivity contribution in [2.75, 3.05) is 13.2 Å². The van der Waals surface area contributed by atoms with Crippen molar-refractivity contribution in [1.29, 1.82) is 0 Å². The molecule has 0 bridgehead atoms. The van der Waals surface area contributed by atoms with E-state index in [2.05, 4.69) is 32.9 Å². The van der Waals surface area contributed by atoms with E-state index in [0.29, 0.717) is 19.3 Å². The topological polar surface area (TPSA) is 78.9 Å². The highest BCUT2D eigenvalue weighted by molar-refractivity contribution is 5.71. The smallest absolute Gasteiger partial charge is 0.306 e. The number of unbranched alkanes of at least 4 members (excludes halogenated alkanes) is 52. The molecule has 0 radical (unpaired) electrons. The monoisotopic (exact) mass is 1070 g/mol.